The van der Waals surface area contributed by atoms with Gasteiger partial charge in [-0.05, 0) is 11.4 Å². The van der Waals surface area contributed by atoms with Gasteiger partial charge in [0.15, 0.2) is 4.34 Å². The smallest absolute Gasteiger partial charge is 0.316 e. The second-order valence-electron chi connectivity index (χ2n) is 5.37. The van der Waals surface area contributed by atoms with Crippen molar-refractivity contribution in [2.24, 2.45) is 0 Å². The average Bonchev–Trinajstić information content (AvgIpc) is 3.34. The molecule has 0 fully saturated rings. The van der Waals surface area contributed by atoms with Crippen LogP contribution in [-0.2, 0) is 21.8 Å². The molecule has 3 heterocycles. The van der Waals surface area contributed by atoms with Crippen LogP contribution in [0.4, 0.5) is 5.13 Å². The van der Waals surface area contributed by atoms with Gasteiger partial charge in [-0.25, -0.2) is 0 Å². The van der Waals surface area contributed by atoms with Gasteiger partial charge < -0.3 is 14.5 Å². The Morgan fingerprint density at radius 3 is 2.93 bits per heavy atom. The van der Waals surface area contributed by atoms with Crippen LogP contribution in [0, 0.1) is 0 Å². The second kappa shape index (κ2) is 9.62. The van der Waals surface area contributed by atoms with Crippen molar-refractivity contribution in [3.63, 3.8) is 0 Å². The summed E-state index contributed by atoms with van der Waals surface area (Å²) in [6.45, 7) is 1.75. The van der Waals surface area contributed by atoms with Gasteiger partial charge >= 0.3 is 5.97 Å². The molecule has 8 nitrogen and oxygen atoms in total. The van der Waals surface area contributed by atoms with Crippen LogP contribution in [0.1, 0.15) is 24.0 Å². The van der Waals surface area contributed by atoms with Gasteiger partial charge in [0.2, 0.25) is 22.2 Å². The van der Waals surface area contributed by atoms with Crippen LogP contribution in [0.3, 0.4) is 0 Å². The fourth-order valence-corrected chi connectivity index (χ4v) is 4.31. The number of anilines is 1. The first-order valence-electron chi connectivity index (χ1n) is 8.14. The topological polar surface area (TPSA) is 111 Å². The summed E-state index contributed by atoms with van der Waals surface area (Å²) in [7, 11) is 0. The number of rotatable bonds is 8. The first-order valence-corrected chi connectivity index (χ1v) is 10.8. The van der Waals surface area contributed by atoms with E-state index in [0.717, 1.165) is 11.1 Å². The molecule has 0 aliphatic carbocycles. The largest absolute Gasteiger partial charge is 0.464 e. The van der Waals surface area contributed by atoms with Gasteiger partial charge in [-0.3, -0.25) is 14.4 Å². The standard InChI is InChI=1S/C17H15N3O5S3/c1-2-14(22)18-16-19-20-17(28-16)27-9-10-6-12(21)13(8-24-10)25-15(23)7-11-4-3-5-26-11/h3-6,8H,2,7,9H2,1H3,(H,18,19,22). The van der Waals surface area contributed by atoms with Gasteiger partial charge in [0.25, 0.3) is 0 Å². The first-order chi connectivity index (χ1) is 13.5. The lowest BCUT2D eigenvalue weighted by atomic mass is 10.3. The Morgan fingerprint density at radius 2 is 2.21 bits per heavy atom. The predicted molar refractivity (Wildman–Crippen MR) is 107 cm³/mol. The molecule has 0 aliphatic rings. The molecule has 0 radical (unpaired) electrons. The molecule has 0 atom stereocenters. The molecule has 146 valence electrons. The maximum atomic E-state index is 12.1. The van der Waals surface area contributed by atoms with Gasteiger partial charge in [0.1, 0.15) is 12.0 Å². The molecule has 3 aromatic rings. The molecule has 0 bridgehead atoms. The number of carbonyl (C=O) groups is 2. The van der Waals surface area contributed by atoms with Gasteiger partial charge in [0, 0.05) is 17.4 Å². The quantitative estimate of drug-likeness (QED) is 0.324. The van der Waals surface area contributed by atoms with E-state index < -0.39 is 11.4 Å². The van der Waals surface area contributed by atoms with Crippen molar-refractivity contribution in [1.82, 2.24) is 10.2 Å². The zero-order valence-electron chi connectivity index (χ0n) is 14.7. The summed E-state index contributed by atoms with van der Waals surface area (Å²) < 4.78 is 11.1. The van der Waals surface area contributed by atoms with E-state index in [4.69, 9.17) is 9.15 Å². The predicted octanol–water partition coefficient (Wildman–Crippen LogP) is 3.34. The number of thioether (sulfide) groups is 1. The summed E-state index contributed by atoms with van der Waals surface area (Å²) >= 11 is 3.99. The number of hydrogen-bond donors (Lipinski definition) is 1. The first kappa shape index (κ1) is 20.2. The van der Waals surface area contributed by atoms with Crippen LogP contribution in [0.5, 0.6) is 5.75 Å². The van der Waals surface area contributed by atoms with Crippen molar-refractivity contribution >= 4 is 51.4 Å². The Kier molecular flexibility index (Phi) is 6.95. The molecule has 1 amide bonds. The number of amides is 1. The Morgan fingerprint density at radius 1 is 1.36 bits per heavy atom. The highest BCUT2D eigenvalue weighted by Crippen LogP contribution is 2.28. The van der Waals surface area contributed by atoms with Gasteiger partial charge in [-0.1, -0.05) is 36.1 Å². The van der Waals surface area contributed by atoms with Crippen LogP contribution in [0.15, 0.2) is 43.4 Å². The molecule has 0 saturated heterocycles. The minimum absolute atomic E-state index is 0.0999. The lowest BCUT2D eigenvalue weighted by Crippen LogP contribution is -2.16. The fourth-order valence-electron chi connectivity index (χ4n) is 1.96. The summed E-state index contributed by atoms with van der Waals surface area (Å²) in [4.78, 5) is 36.2. The molecular weight excluding hydrogens is 422 g/mol. The van der Waals surface area contributed by atoms with E-state index in [9.17, 15) is 14.4 Å². The minimum Gasteiger partial charge on any atom is -0.464 e. The van der Waals surface area contributed by atoms with Crippen LogP contribution in [0.25, 0.3) is 0 Å². The maximum absolute atomic E-state index is 12.1. The zero-order valence-corrected chi connectivity index (χ0v) is 17.1. The molecule has 1 N–H and O–H groups in total. The highest BCUT2D eigenvalue weighted by atomic mass is 32.2. The molecule has 11 heteroatoms. The number of nitrogens with one attached hydrogen (secondary N) is 1. The maximum Gasteiger partial charge on any atom is 0.316 e. The lowest BCUT2D eigenvalue weighted by molar-refractivity contribution is -0.133. The molecule has 28 heavy (non-hydrogen) atoms. The molecule has 3 aromatic heterocycles. The van der Waals surface area contributed by atoms with Crippen LogP contribution in [-0.4, -0.2) is 22.1 Å². The highest BCUT2D eigenvalue weighted by Gasteiger charge is 2.13. The zero-order chi connectivity index (χ0) is 19.9. The third-order valence-electron chi connectivity index (χ3n) is 3.29. The number of ether oxygens (including phenoxy) is 1. The van der Waals surface area contributed by atoms with Crippen molar-refractivity contribution in [1.29, 1.82) is 0 Å². The molecule has 0 saturated carbocycles. The summed E-state index contributed by atoms with van der Waals surface area (Å²) in [5.41, 5.74) is -0.436. The Bertz CT molecular complexity index is 1010. The lowest BCUT2D eigenvalue weighted by Gasteiger charge is -2.03. The van der Waals surface area contributed by atoms with Crippen molar-refractivity contribution in [3.05, 3.63) is 50.7 Å². The van der Waals surface area contributed by atoms with Crippen molar-refractivity contribution in [3.8, 4) is 5.75 Å². The summed E-state index contributed by atoms with van der Waals surface area (Å²) in [5, 5.41) is 12.8. The SMILES string of the molecule is CCC(=O)Nc1nnc(SCc2cc(=O)c(OC(=O)Cc3cccs3)co2)s1. The molecular formula is C17H15N3O5S3. The van der Waals surface area contributed by atoms with Crippen molar-refractivity contribution < 1.29 is 18.7 Å². The van der Waals surface area contributed by atoms with E-state index in [2.05, 4.69) is 15.5 Å². The molecule has 0 aromatic carbocycles. The highest BCUT2D eigenvalue weighted by molar-refractivity contribution is 8.00. The molecule has 0 spiro atoms. The number of thiophene rings is 1. The number of esters is 1. The number of nitrogens with zero attached hydrogens (tertiary/aromatic N) is 2. The van der Waals surface area contributed by atoms with E-state index in [-0.39, 0.29) is 18.1 Å². The van der Waals surface area contributed by atoms with Crippen molar-refractivity contribution in [2.75, 3.05) is 5.32 Å². The second-order valence-corrected chi connectivity index (χ2v) is 8.60. The number of hydrogen-bond acceptors (Lipinski definition) is 10. The van der Waals surface area contributed by atoms with E-state index in [1.165, 1.54) is 40.5 Å². The van der Waals surface area contributed by atoms with Gasteiger partial charge in [-0.15, -0.1) is 21.5 Å². The molecule has 0 aliphatic heterocycles. The Labute approximate surface area is 171 Å². The van der Waals surface area contributed by atoms with E-state index >= 15 is 0 Å². The summed E-state index contributed by atoms with van der Waals surface area (Å²) in [6, 6.07) is 4.94. The average molecular weight is 438 g/mol. The molecule has 0 unspecified atom stereocenters. The van der Waals surface area contributed by atoms with Crippen molar-refractivity contribution in [2.45, 2.75) is 29.9 Å². The Balaban J connectivity index is 1.54. The number of aromatic nitrogens is 2. The third-order valence-corrected chi connectivity index (χ3v) is 6.16. The number of carbonyl (C=O) groups excluding carboxylic acids is 2. The van der Waals surface area contributed by atoms with Crippen LogP contribution >= 0.6 is 34.4 Å². The third kappa shape index (κ3) is 5.75. The summed E-state index contributed by atoms with van der Waals surface area (Å²) in [6.07, 6.45) is 1.59. The van der Waals surface area contributed by atoms with E-state index in [1.807, 2.05) is 17.5 Å². The fraction of sp³-hybridized carbons (Fsp3) is 0.235. The van der Waals surface area contributed by atoms with Gasteiger partial charge in [0.05, 0.1) is 12.2 Å². The van der Waals surface area contributed by atoms with E-state index in [1.54, 1.807) is 6.92 Å². The summed E-state index contributed by atoms with van der Waals surface area (Å²) in [5.74, 6) is -0.0526. The van der Waals surface area contributed by atoms with E-state index in [0.29, 0.717) is 27.4 Å². The normalized spacial score (nSPS) is 10.6. The van der Waals surface area contributed by atoms with Crippen LogP contribution < -0.4 is 15.5 Å². The Hall–Kier alpha value is -2.50. The monoisotopic (exact) mass is 437 g/mol. The van der Waals surface area contributed by atoms with Gasteiger partial charge in [-0.2, -0.15) is 0 Å². The van der Waals surface area contributed by atoms with Crippen LogP contribution in [0.2, 0.25) is 0 Å². The molecule has 3 rings (SSSR count). The minimum atomic E-state index is -0.521.